The average Bonchev–Trinajstić information content (AvgIpc) is 3.63. The van der Waals surface area contributed by atoms with Gasteiger partial charge in [-0.2, -0.15) is 0 Å². The normalized spacial score (nSPS) is 24.9. The van der Waals surface area contributed by atoms with Crippen molar-refractivity contribution in [3.8, 4) is 0 Å². The molecule has 1 fully saturated rings. The fraction of sp³-hybridized carbons (Fsp3) is 0.438. The van der Waals surface area contributed by atoms with Crippen LogP contribution >= 0.6 is 35.0 Å². The molecule has 3 aliphatic rings. The van der Waals surface area contributed by atoms with E-state index < -0.39 is 24.1 Å². The van der Waals surface area contributed by atoms with Gasteiger partial charge in [0.25, 0.3) is 5.91 Å². The zero-order chi connectivity index (χ0) is 31.2. The molecule has 228 valence electrons. The number of thioether (sulfide) groups is 1. The van der Waals surface area contributed by atoms with Crippen molar-refractivity contribution in [1.82, 2.24) is 14.7 Å². The second-order valence-electron chi connectivity index (χ2n) is 11.8. The van der Waals surface area contributed by atoms with Gasteiger partial charge < -0.3 is 19.8 Å². The van der Waals surface area contributed by atoms with E-state index in [1.807, 2.05) is 55.5 Å². The van der Waals surface area contributed by atoms with Crippen LogP contribution in [-0.4, -0.2) is 68.4 Å². The molecule has 5 rings (SSSR count). The van der Waals surface area contributed by atoms with Gasteiger partial charge in [0.1, 0.15) is 23.0 Å². The fourth-order valence-corrected chi connectivity index (χ4v) is 8.15. The third-order valence-corrected chi connectivity index (χ3v) is 10.2. The van der Waals surface area contributed by atoms with Gasteiger partial charge in [-0.15, -0.1) is 0 Å². The molecule has 0 bridgehead atoms. The molecule has 0 aliphatic carbocycles. The second-order valence-corrected chi connectivity index (χ2v) is 13.7. The first-order valence-electron chi connectivity index (χ1n) is 14.5. The van der Waals surface area contributed by atoms with E-state index in [9.17, 15) is 19.5 Å². The summed E-state index contributed by atoms with van der Waals surface area (Å²) in [5, 5.41) is 11.3. The first-order valence-corrected chi connectivity index (χ1v) is 16.1. The summed E-state index contributed by atoms with van der Waals surface area (Å²) in [7, 11) is 1.47. The number of carboxylic acids is 1. The molecule has 0 radical (unpaired) electrons. The van der Waals surface area contributed by atoms with Crippen molar-refractivity contribution in [2.45, 2.75) is 70.6 Å². The Kier molecular flexibility index (Phi) is 8.89. The Morgan fingerprint density at radius 3 is 2.23 bits per heavy atom. The molecule has 0 spiro atoms. The van der Waals surface area contributed by atoms with Gasteiger partial charge in [0.2, 0.25) is 5.91 Å². The predicted molar refractivity (Wildman–Crippen MR) is 171 cm³/mol. The van der Waals surface area contributed by atoms with Gasteiger partial charge in [-0.25, -0.2) is 4.99 Å². The molecule has 8 nitrogen and oxygen atoms in total. The highest BCUT2D eigenvalue weighted by Gasteiger charge is 2.54. The van der Waals surface area contributed by atoms with Crippen LogP contribution in [0.4, 0.5) is 0 Å². The standard InChI is InChI=1S/C32H36Cl2N4O4S/c1-6-23-15-16-24(29(41)36(5)17-25(39)40)37(23)30(42)27-26(18(2)3)38-28(19-7-11-21(33)12-8-19)32(4,35-31(38)43-27)20-9-13-22(34)14-10-20/h7-14,18,23-24,28H,6,15-17H2,1-5H3,(H,39,40)/t23-,24+,28-,32+/m1/s1. The molecular weight excluding hydrogens is 607 g/mol. The number of aliphatic carboxylic acids is 1. The van der Waals surface area contributed by atoms with E-state index in [0.717, 1.165) is 22.0 Å². The second kappa shape index (κ2) is 12.2. The number of likely N-dealkylation sites (N-methyl/N-ethyl adjacent to an activating group) is 1. The maximum absolute atomic E-state index is 14.5. The minimum atomic E-state index is -1.09. The minimum Gasteiger partial charge on any atom is -0.480 e. The summed E-state index contributed by atoms with van der Waals surface area (Å²) in [5.41, 5.74) is 2.17. The number of hydrogen-bond donors (Lipinski definition) is 1. The molecule has 4 atom stereocenters. The molecule has 11 heteroatoms. The van der Waals surface area contributed by atoms with E-state index in [-0.39, 0.29) is 29.8 Å². The lowest BCUT2D eigenvalue weighted by molar-refractivity contribution is -0.147. The number of halogens is 2. The number of carboxylic acid groups (broad SMARTS) is 1. The third kappa shape index (κ3) is 5.67. The van der Waals surface area contributed by atoms with Gasteiger partial charge in [0.15, 0.2) is 5.17 Å². The molecule has 0 unspecified atom stereocenters. The lowest BCUT2D eigenvalue weighted by Crippen LogP contribution is -2.50. The van der Waals surface area contributed by atoms with Crippen LogP contribution in [0.15, 0.2) is 64.1 Å². The van der Waals surface area contributed by atoms with Gasteiger partial charge in [-0.1, -0.05) is 68.2 Å². The average molecular weight is 644 g/mol. The number of amidine groups is 1. The summed E-state index contributed by atoms with van der Waals surface area (Å²) in [4.78, 5) is 50.2. The topological polar surface area (TPSA) is 93.5 Å². The number of rotatable bonds is 8. The van der Waals surface area contributed by atoms with E-state index in [0.29, 0.717) is 34.2 Å². The number of aliphatic imine (C=N–C) groups is 1. The Balaban J connectivity index is 1.59. The van der Waals surface area contributed by atoms with Crippen LogP contribution in [-0.2, 0) is 19.9 Å². The summed E-state index contributed by atoms with van der Waals surface area (Å²) >= 11 is 13.9. The van der Waals surface area contributed by atoms with Crippen molar-refractivity contribution in [3.63, 3.8) is 0 Å². The number of amides is 2. The highest BCUT2D eigenvalue weighted by Crippen LogP contribution is 2.56. The number of hydrogen-bond acceptors (Lipinski definition) is 6. The molecule has 0 saturated carbocycles. The van der Waals surface area contributed by atoms with Crippen molar-refractivity contribution in [1.29, 1.82) is 0 Å². The number of benzene rings is 2. The smallest absolute Gasteiger partial charge is 0.323 e. The maximum atomic E-state index is 14.5. The van der Waals surface area contributed by atoms with Crippen molar-refractivity contribution in [3.05, 3.63) is 80.3 Å². The first kappa shape index (κ1) is 31.4. The molecule has 3 heterocycles. The molecule has 43 heavy (non-hydrogen) atoms. The van der Waals surface area contributed by atoms with E-state index in [1.165, 1.54) is 23.7 Å². The van der Waals surface area contributed by atoms with Gasteiger partial charge >= 0.3 is 5.97 Å². The molecule has 2 aromatic rings. The number of allylic oxidation sites excluding steroid dienone is 1. The van der Waals surface area contributed by atoms with Crippen LogP contribution in [0.2, 0.25) is 10.0 Å². The summed E-state index contributed by atoms with van der Waals surface area (Å²) in [5.74, 6) is -1.69. The summed E-state index contributed by atoms with van der Waals surface area (Å²) in [6, 6.07) is 14.3. The van der Waals surface area contributed by atoms with Gasteiger partial charge in [0, 0.05) is 28.8 Å². The van der Waals surface area contributed by atoms with Crippen molar-refractivity contribution in [2.75, 3.05) is 13.6 Å². The highest BCUT2D eigenvalue weighted by atomic mass is 35.5. The molecule has 1 saturated heterocycles. The Labute approximate surface area is 266 Å². The zero-order valence-electron chi connectivity index (χ0n) is 24.9. The lowest BCUT2D eigenvalue weighted by atomic mass is 9.81. The van der Waals surface area contributed by atoms with E-state index in [4.69, 9.17) is 28.2 Å². The van der Waals surface area contributed by atoms with Crippen LogP contribution in [0.3, 0.4) is 0 Å². The number of carbonyl (C=O) groups is 3. The highest BCUT2D eigenvalue weighted by molar-refractivity contribution is 8.18. The Morgan fingerprint density at radius 2 is 1.67 bits per heavy atom. The van der Waals surface area contributed by atoms with Crippen molar-refractivity contribution in [2.24, 2.45) is 10.9 Å². The number of likely N-dealkylation sites (tertiary alicyclic amines) is 1. The van der Waals surface area contributed by atoms with Crippen LogP contribution < -0.4 is 0 Å². The number of carbonyl (C=O) groups excluding carboxylic acids is 2. The summed E-state index contributed by atoms with van der Waals surface area (Å²) in [6.45, 7) is 7.82. The lowest BCUT2D eigenvalue weighted by Gasteiger charge is -2.37. The summed E-state index contributed by atoms with van der Waals surface area (Å²) < 4.78 is 0. The Hall–Kier alpha value is -3.01. The Bertz CT molecular complexity index is 1490. The van der Waals surface area contributed by atoms with Gasteiger partial charge in [0.05, 0.1) is 6.04 Å². The van der Waals surface area contributed by atoms with E-state index in [2.05, 4.69) is 25.7 Å². The van der Waals surface area contributed by atoms with Crippen LogP contribution in [0.5, 0.6) is 0 Å². The van der Waals surface area contributed by atoms with Crippen LogP contribution in [0, 0.1) is 5.92 Å². The predicted octanol–water partition coefficient (Wildman–Crippen LogP) is 6.55. The maximum Gasteiger partial charge on any atom is 0.323 e. The Morgan fingerprint density at radius 1 is 1.07 bits per heavy atom. The SMILES string of the molecule is CC[C@@H]1CC[C@@H](C(=O)N(C)CC(=O)O)N1C(=O)C1=C(C(C)C)N2C(=N[C@@](C)(c3ccc(Cl)cc3)[C@H]2c2ccc(Cl)cc2)S1. The zero-order valence-corrected chi connectivity index (χ0v) is 27.2. The van der Waals surface area contributed by atoms with E-state index >= 15 is 0 Å². The molecule has 2 amide bonds. The first-order chi connectivity index (χ1) is 20.4. The van der Waals surface area contributed by atoms with Gasteiger partial charge in [-0.3, -0.25) is 14.4 Å². The van der Waals surface area contributed by atoms with Crippen molar-refractivity contribution >= 4 is 57.9 Å². The quantitative estimate of drug-likeness (QED) is 0.351. The van der Waals surface area contributed by atoms with Crippen LogP contribution in [0.25, 0.3) is 0 Å². The molecule has 1 N–H and O–H groups in total. The molecular formula is C32H36Cl2N4O4S. The van der Waals surface area contributed by atoms with Gasteiger partial charge in [-0.05, 0) is 79.3 Å². The monoisotopic (exact) mass is 642 g/mol. The largest absolute Gasteiger partial charge is 0.480 e. The van der Waals surface area contributed by atoms with Crippen LogP contribution in [0.1, 0.15) is 64.1 Å². The third-order valence-electron chi connectivity index (χ3n) is 8.61. The van der Waals surface area contributed by atoms with Crippen molar-refractivity contribution < 1.29 is 19.5 Å². The number of nitrogens with zero attached hydrogens (tertiary/aromatic N) is 4. The summed E-state index contributed by atoms with van der Waals surface area (Å²) in [6.07, 6.45) is 1.87. The minimum absolute atomic E-state index is 0.0342. The molecule has 3 aliphatic heterocycles. The van der Waals surface area contributed by atoms with E-state index in [1.54, 1.807) is 4.90 Å². The fourth-order valence-electron chi connectivity index (χ4n) is 6.55. The molecule has 2 aromatic carbocycles. The number of fused-ring (bicyclic) bond motifs is 1. The molecule has 0 aromatic heterocycles.